The van der Waals surface area contributed by atoms with Crippen LogP contribution in [0.1, 0.15) is 18.5 Å². The number of nitro groups is 1. The second-order valence-corrected chi connectivity index (χ2v) is 4.73. The number of aromatic nitrogens is 4. The van der Waals surface area contributed by atoms with Crippen LogP contribution in [0.25, 0.3) is 0 Å². The number of fused-ring (bicyclic) bond motifs is 1. The highest BCUT2D eigenvalue weighted by Crippen LogP contribution is 2.34. The highest BCUT2D eigenvalue weighted by atomic mass is 16.6. The normalized spacial score (nSPS) is 16.9. The number of non-ortho nitro benzene ring substituents is 1. The van der Waals surface area contributed by atoms with Crippen LogP contribution in [0, 0.1) is 10.1 Å². The third-order valence-corrected chi connectivity index (χ3v) is 3.40. The summed E-state index contributed by atoms with van der Waals surface area (Å²) in [6, 6.07) is 5.18. The summed E-state index contributed by atoms with van der Waals surface area (Å²) in [5.41, 5.74) is 6.88. The van der Waals surface area contributed by atoms with E-state index in [1.54, 1.807) is 19.1 Å². The molecule has 1 unspecified atom stereocenters. The number of tetrazole rings is 1. The lowest BCUT2D eigenvalue weighted by molar-refractivity contribution is -0.384. The molecule has 2 aromatic rings. The second kappa shape index (κ2) is 4.91. The zero-order chi connectivity index (χ0) is 15.9. The van der Waals surface area contributed by atoms with Gasteiger partial charge in [-0.2, -0.15) is 4.68 Å². The van der Waals surface area contributed by atoms with Crippen molar-refractivity contribution in [2.24, 2.45) is 5.73 Å². The molecular formula is C12H11N7O3. The Hall–Kier alpha value is -3.30. The van der Waals surface area contributed by atoms with Gasteiger partial charge in [-0.25, -0.2) is 0 Å². The molecule has 10 nitrogen and oxygen atoms in total. The minimum absolute atomic E-state index is 0.0454. The van der Waals surface area contributed by atoms with Gasteiger partial charge < -0.3 is 11.1 Å². The van der Waals surface area contributed by atoms with Gasteiger partial charge in [-0.3, -0.25) is 14.9 Å². The summed E-state index contributed by atoms with van der Waals surface area (Å²) in [5.74, 6) is -0.250. The highest BCUT2D eigenvalue weighted by molar-refractivity contribution is 5.95. The van der Waals surface area contributed by atoms with Gasteiger partial charge in [-0.1, -0.05) is 5.10 Å². The van der Waals surface area contributed by atoms with Gasteiger partial charge in [0.05, 0.1) is 10.5 Å². The van der Waals surface area contributed by atoms with E-state index in [0.717, 1.165) is 0 Å². The summed E-state index contributed by atoms with van der Waals surface area (Å²) < 4.78 is 1.41. The fourth-order valence-electron chi connectivity index (χ4n) is 2.42. The number of hydrogen-bond donors (Lipinski definition) is 2. The summed E-state index contributed by atoms with van der Waals surface area (Å²) in [4.78, 5) is 22.0. The van der Waals surface area contributed by atoms with Crippen molar-refractivity contribution >= 4 is 17.5 Å². The maximum absolute atomic E-state index is 11.8. The summed E-state index contributed by atoms with van der Waals surface area (Å²) in [7, 11) is 0. The molecule has 3 rings (SSSR count). The number of nitrogens with one attached hydrogen (secondary N) is 1. The number of anilines is 1. The lowest BCUT2D eigenvalue weighted by atomic mass is 9.95. The number of nitro benzene ring substituents is 1. The predicted molar refractivity (Wildman–Crippen MR) is 74.6 cm³/mol. The summed E-state index contributed by atoms with van der Waals surface area (Å²) in [5, 5.41) is 24.9. The Bertz CT molecular complexity index is 793. The number of allylic oxidation sites excluding steroid dienone is 1. The first-order chi connectivity index (χ1) is 10.5. The van der Waals surface area contributed by atoms with Crippen molar-refractivity contribution < 1.29 is 9.72 Å². The first kappa shape index (κ1) is 13.7. The van der Waals surface area contributed by atoms with Crippen molar-refractivity contribution in [3.63, 3.8) is 0 Å². The van der Waals surface area contributed by atoms with E-state index in [1.807, 2.05) is 0 Å². The van der Waals surface area contributed by atoms with E-state index in [-0.39, 0.29) is 5.69 Å². The Balaban J connectivity index is 2.14. The standard InChI is InChI=1S/C12H11N7O3/c1-6-9(11(13)20)10(18-12(14-6)15-16-17-18)7-2-4-8(5-3-7)19(21)22/h2-5,10H,1H3,(H2,13,20)(H,14,15,17). The van der Waals surface area contributed by atoms with Gasteiger partial charge in [0.2, 0.25) is 11.9 Å². The second-order valence-electron chi connectivity index (χ2n) is 4.73. The van der Waals surface area contributed by atoms with Crippen LogP contribution in [-0.4, -0.2) is 31.0 Å². The minimum atomic E-state index is -0.635. The molecule has 0 bridgehead atoms. The molecule has 22 heavy (non-hydrogen) atoms. The van der Waals surface area contributed by atoms with E-state index in [9.17, 15) is 14.9 Å². The summed E-state index contributed by atoms with van der Waals surface area (Å²) >= 11 is 0. The first-order valence-corrected chi connectivity index (χ1v) is 6.29. The van der Waals surface area contributed by atoms with Gasteiger partial charge in [0, 0.05) is 17.8 Å². The maximum Gasteiger partial charge on any atom is 0.269 e. The van der Waals surface area contributed by atoms with Crippen LogP contribution in [0.3, 0.4) is 0 Å². The Morgan fingerprint density at radius 3 is 2.68 bits per heavy atom. The van der Waals surface area contributed by atoms with Crippen molar-refractivity contribution in [3.05, 3.63) is 51.2 Å². The number of nitrogens with two attached hydrogens (primary N) is 1. The topological polar surface area (TPSA) is 142 Å². The molecule has 0 saturated carbocycles. The maximum atomic E-state index is 11.8. The summed E-state index contributed by atoms with van der Waals surface area (Å²) in [6.07, 6.45) is 0. The highest BCUT2D eigenvalue weighted by Gasteiger charge is 2.32. The Morgan fingerprint density at radius 2 is 2.09 bits per heavy atom. The third-order valence-electron chi connectivity index (χ3n) is 3.40. The van der Waals surface area contributed by atoms with E-state index in [1.165, 1.54) is 16.8 Å². The largest absolute Gasteiger partial charge is 0.366 e. The number of carbonyl (C=O) groups excluding carboxylic acids is 1. The van der Waals surface area contributed by atoms with Crippen LogP contribution >= 0.6 is 0 Å². The lowest BCUT2D eigenvalue weighted by Crippen LogP contribution is -2.31. The number of amides is 1. The quantitative estimate of drug-likeness (QED) is 0.615. The summed E-state index contributed by atoms with van der Waals surface area (Å²) in [6.45, 7) is 1.69. The Labute approximate surface area is 123 Å². The lowest BCUT2D eigenvalue weighted by Gasteiger charge is -2.26. The number of hydrogen-bond acceptors (Lipinski definition) is 7. The fraction of sp³-hybridized carbons (Fsp3) is 0.167. The molecule has 0 aliphatic carbocycles. The molecular weight excluding hydrogens is 290 g/mol. The molecule has 1 atom stereocenters. The molecule has 1 aromatic carbocycles. The van der Waals surface area contributed by atoms with Gasteiger partial charge in [0.25, 0.3) is 5.69 Å². The van der Waals surface area contributed by atoms with Crippen molar-refractivity contribution in [1.29, 1.82) is 0 Å². The van der Waals surface area contributed by atoms with E-state index in [2.05, 4.69) is 20.8 Å². The number of carbonyl (C=O) groups is 1. The van der Waals surface area contributed by atoms with Crippen LogP contribution in [0.5, 0.6) is 0 Å². The average molecular weight is 301 g/mol. The molecule has 1 aliphatic heterocycles. The van der Waals surface area contributed by atoms with Crippen LogP contribution < -0.4 is 11.1 Å². The number of rotatable bonds is 3. The van der Waals surface area contributed by atoms with Crippen molar-refractivity contribution in [3.8, 4) is 0 Å². The Kier molecular flexibility index (Phi) is 3.05. The van der Waals surface area contributed by atoms with Gasteiger partial charge in [0.15, 0.2) is 0 Å². The minimum Gasteiger partial charge on any atom is -0.366 e. The fourth-order valence-corrected chi connectivity index (χ4v) is 2.42. The van der Waals surface area contributed by atoms with Crippen LogP contribution in [0.2, 0.25) is 0 Å². The molecule has 10 heteroatoms. The zero-order valence-corrected chi connectivity index (χ0v) is 11.4. The van der Waals surface area contributed by atoms with Gasteiger partial charge in [0.1, 0.15) is 6.04 Å². The molecule has 0 radical (unpaired) electrons. The van der Waals surface area contributed by atoms with Crippen LogP contribution in [0.15, 0.2) is 35.5 Å². The van der Waals surface area contributed by atoms with Crippen LogP contribution in [-0.2, 0) is 4.79 Å². The number of benzene rings is 1. The molecule has 0 saturated heterocycles. The van der Waals surface area contributed by atoms with Crippen molar-refractivity contribution in [1.82, 2.24) is 20.2 Å². The number of primary amides is 1. The predicted octanol–water partition coefficient (Wildman–Crippen LogP) is 0.355. The SMILES string of the molecule is CC1=C(C(N)=O)C(c2ccc([N+](=O)[O-])cc2)n2nnnc2N1. The molecule has 112 valence electrons. The van der Waals surface area contributed by atoms with Gasteiger partial charge in [-0.05, 0) is 35.0 Å². The molecule has 3 N–H and O–H groups in total. The van der Waals surface area contributed by atoms with E-state index in [0.29, 0.717) is 22.8 Å². The third kappa shape index (κ3) is 2.06. The zero-order valence-electron chi connectivity index (χ0n) is 11.4. The molecule has 0 fully saturated rings. The van der Waals surface area contributed by atoms with E-state index in [4.69, 9.17) is 5.73 Å². The number of nitrogens with zero attached hydrogens (tertiary/aromatic N) is 5. The van der Waals surface area contributed by atoms with Crippen LogP contribution in [0.4, 0.5) is 11.6 Å². The smallest absolute Gasteiger partial charge is 0.269 e. The molecule has 2 heterocycles. The van der Waals surface area contributed by atoms with Gasteiger partial charge in [-0.15, -0.1) is 0 Å². The average Bonchev–Trinajstić information content (AvgIpc) is 2.93. The van der Waals surface area contributed by atoms with E-state index >= 15 is 0 Å². The monoisotopic (exact) mass is 301 g/mol. The van der Waals surface area contributed by atoms with Gasteiger partial charge >= 0.3 is 0 Å². The molecule has 1 aliphatic rings. The first-order valence-electron chi connectivity index (χ1n) is 6.29. The van der Waals surface area contributed by atoms with Crippen molar-refractivity contribution in [2.45, 2.75) is 13.0 Å². The van der Waals surface area contributed by atoms with Crippen molar-refractivity contribution in [2.75, 3.05) is 5.32 Å². The molecule has 0 spiro atoms. The Morgan fingerprint density at radius 1 is 1.41 bits per heavy atom. The molecule has 1 aromatic heterocycles. The van der Waals surface area contributed by atoms with E-state index < -0.39 is 16.9 Å². The molecule has 1 amide bonds.